The maximum absolute atomic E-state index is 12.2. The first kappa shape index (κ1) is 21.7. The highest BCUT2D eigenvalue weighted by Gasteiger charge is 2.27. The van der Waals surface area contributed by atoms with E-state index in [0.29, 0.717) is 50.1 Å². The largest absolute Gasteiger partial charge is 0.493 e. The van der Waals surface area contributed by atoms with Gasteiger partial charge in [-0.15, -0.1) is 10.2 Å². The molecule has 2 aliphatic heterocycles. The summed E-state index contributed by atoms with van der Waals surface area (Å²) in [6.45, 7) is 1.80. The highest BCUT2D eigenvalue weighted by molar-refractivity contribution is 5.86. The molecule has 10 nitrogen and oxygen atoms in total. The van der Waals surface area contributed by atoms with Crippen LogP contribution in [0.2, 0.25) is 0 Å². The van der Waals surface area contributed by atoms with Crippen molar-refractivity contribution in [2.24, 2.45) is 16.1 Å². The van der Waals surface area contributed by atoms with Crippen molar-refractivity contribution < 1.29 is 18.8 Å². The number of carbonyl (C=O) groups is 2. The van der Waals surface area contributed by atoms with E-state index in [1.54, 1.807) is 0 Å². The van der Waals surface area contributed by atoms with Crippen LogP contribution in [0.1, 0.15) is 24.3 Å². The fourth-order valence-electron chi connectivity index (χ4n) is 3.97. The second kappa shape index (κ2) is 9.82. The molecule has 2 amide bonds. The zero-order valence-electron chi connectivity index (χ0n) is 18.5. The summed E-state index contributed by atoms with van der Waals surface area (Å²) < 4.78 is 10.8. The second-order valence-electron chi connectivity index (χ2n) is 8.13. The standard InChI is InChI=1S/C24H24N6O4/c31-20(25-11-3-12-26-23-17-4-1-2-5-18(17)24(32)29-28-23)8-9-21-27-22(30-34-21)16-6-7-19-15(14-16)10-13-33-19/h1-2,4-7,14,18,26H,3,8-13H2,(H,25,31). The van der Waals surface area contributed by atoms with E-state index in [-0.39, 0.29) is 24.2 Å². The summed E-state index contributed by atoms with van der Waals surface area (Å²) in [4.78, 5) is 28.4. The van der Waals surface area contributed by atoms with Gasteiger partial charge in [0, 0.05) is 43.5 Å². The summed E-state index contributed by atoms with van der Waals surface area (Å²) in [7, 11) is 0. The summed E-state index contributed by atoms with van der Waals surface area (Å²) in [6, 6.07) is 5.85. The van der Waals surface area contributed by atoms with Crippen LogP contribution < -0.4 is 15.4 Å². The summed E-state index contributed by atoms with van der Waals surface area (Å²) >= 11 is 0. The van der Waals surface area contributed by atoms with Crippen LogP contribution in [0.25, 0.3) is 11.4 Å². The lowest BCUT2D eigenvalue weighted by molar-refractivity contribution is -0.121. The number of hydrogen-bond acceptors (Lipinski definition) is 8. The summed E-state index contributed by atoms with van der Waals surface area (Å²) in [5.41, 5.74) is 2.83. The van der Waals surface area contributed by atoms with Crippen molar-refractivity contribution in [2.45, 2.75) is 25.7 Å². The van der Waals surface area contributed by atoms with Crippen molar-refractivity contribution in [3.8, 4) is 17.1 Å². The first-order valence-electron chi connectivity index (χ1n) is 11.3. The number of benzene rings is 1. The summed E-state index contributed by atoms with van der Waals surface area (Å²) in [5.74, 6) is 1.73. The van der Waals surface area contributed by atoms with Crippen molar-refractivity contribution in [3.05, 3.63) is 65.4 Å². The maximum Gasteiger partial charge on any atom is 0.276 e. The first-order valence-corrected chi connectivity index (χ1v) is 11.3. The van der Waals surface area contributed by atoms with Gasteiger partial charge in [0.25, 0.3) is 5.91 Å². The molecule has 3 aliphatic rings. The summed E-state index contributed by atoms with van der Waals surface area (Å²) in [5, 5.41) is 17.8. The number of aromatic nitrogens is 2. The average molecular weight is 460 g/mol. The number of rotatable bonds is 9. The van der Waals surface area contributed by atoms with Crippen LogP contribution in [0, 0.1) is 5.92 Å². The van der Waals surface area contributed by atoms with E-state index in [9.17, 15) is 9.59 Å². The third-order valence-corrected chi connectivity index (χ3v) is 5.76. The molecule has 2 aromatic rings. The van der Waals surface area contributed by atoms with Crippen LogP contribution in [0.5, 0.6) is 5.75 Å². The van der Waals surface area contributed by atoms with Gasteiger partial charge >= 0.3 is 0 Å². The molecule has 1 atom stereocenters. The fourth-order valence-corrected chi connectivity index (χ4v) is 3.97. The minimum absolute atomic E-state index is 0.0835. The van der Waals surface area contributed by atoms with E-state index in [4.69, 9.17) is 9.26 Å². The number of allylic oxidation sites excluding steroid dienone is 3. The predicted octanol–water partition coefficient (Wildman–Crippen LogP) is 2.65. The molecule has 34 heavy (non-hydrogen) atoms. The van der Waals surface area contributed by atoms with Crippen LogP contribution in [0.4, 0.5) is 0 Å². The molecular formula is C24H24N6O4. The second-order valence-corrected chi connectivity index (χ2v) is 8.13. The lowest BCUT2D eigenvalue weighted by atomic mass is 9.93. The van der Waals surface area contributed by atoms with Gasteiger partial charge in [-0.05, 0) is 30.2 Å². The van der Waals surface area contributed by atoms with Gasteiger partial charge in [0.05, 0.1) is 12.5 Å². The molecule has 3 heterocycles. The number of hydrogen-bond donors (Lipinski definition) is 2. The minimum atomic E-state index is -0.369. The van der Waals surface area contributed by atoms with E-state index < -0.39 is 0 Å². The topological polar surface area (TPSA) is 131 Å². The van der Waals surface area contributed by atoms with Crippen LogP contribution >= 0.6 is 0 Å². The van der Waals surface area contributed by atoms with Gasteiger partial charge in [0.1, 0.15) is 5.75 Å². The Morgan fingerprint density at radius 3 is 3.06 bits per heavy atom. The van der Waals surface area contributed by atoms with Crippen LogP contribution in [-0.2, 0) is 22.4 Å². The molecule has 2 N–H and O–H groups in total. The number of nitrogens with one attached hydrogen (secondary N) is 2. The molecule has 174 valence electrons. The summed E-state index contributed by atoms with van der Waals surface area (Å²) in [6.07, 6.45) is 9.59. The van der Waals surface area contributed by atoms with Crippen molar-refractivity contribution in [1.82, 2.24) is 20.8 Å². The van der Waals surface area contributed by atoms with E-state index >= 15 is 0 Å². The van der Waals surface area contributed by atoms with Crippen molar-refractivity contribution in [1.29, 1.82) is 0 Å². The zero-order chi connectivity index (χ0) is 23.3. The van der Waals surface area contributed by atoms with Gasteiger partial charge in [-0.25, -0.2) is 0 Å². The smallest absolute Gasteiger partial charge is 0.276 e. The van der Waals surface area contributed by atoms with Gasteiger partial charge in [-0.3, -0.25) is 9.59 Å². The molecule has 0 saturated carbocycles. The van der Waals surface area contributed by atoms with Gasteiger partial charge in [-0.2, -0.15) is 4.98 Å². The normalized spacial score (nSPS) is 18.0. The van der Waals surface area contributed by atoms with Crippen LogP contribution in [0.3, 0.4) is 0 Å². The number of ether oxygens (including phenoxy) is 1. The highest BCUT2D eigenvalue weighted by atomic mass is 16.5. The maximum atomic E-state index is 12.2. The van der Waals surface area contributed by atoms with E-state index in [1.807, 2.05) is 42.5 Å². The highest BCUT2D eigenvalue weighted by Crippen LogP contribution is 2.29. The van der Waals surface area contributed by atoms with Crippen LogP contribution in [0.15, 0.2) is 68.6 Å². The molecule has 1 aliphatic carbocycles. The quantitative estimate of drug-likeness (QED) is 0.550. The van der Waals surface area contributed by atoms with E-state index in [1.165, 1.54) is 0 Å². The number of aryl methyl sites for hydroxylation is 1. The molecule has 1 unspecified atom stereocenters. The van der Waals surface area contributed by atoms with E-state index in [0.717, 1.165) is 28.9 Å². The third kappa shape index (κ3) is 4.80. The lowest BCUT2D eigenvalue weighted by Gasteiger charge is -2.20. The van der Waals surface area contributed by atoms with Crippen molar-refractivity contribution in [2.75, 3.05) is 19.7 Å². The van der Waals surface area contributed by atoms with E-state index in [2.05, 4.69) is 31.0 Å². The molecule has 5 rings (SSSR count). The number of carbonyl (C=O) groups excluding carboxylic acids is 2. The lowest BCUT2D eigenvalue weighted by Crippen LogP contribution is -2.28. The molecule has 10 heteroatoms. The third-order valence-electron chi connectivity index (χ3n) is 5.76. The number of nitrogens with zero attached hydrogens (tertiary/aromatic N) is 4. The monoisotopic (exact) mass is 460 g/mol. The Kier molecular flexibility index (Phi) is 6.28. The Morgan fingerprint density at radius 1 is 1.18 bits per heavy atom. The number of fused-ring (bicyclic) bond motifs is 2. The van der Waals surface area contributed by atoms with Crippen molar-refractivity contribution >= 4 is 11.8 Å². The van der Waals surface area contributed by atoms with Gasteiger partial charge < -0.3 is 19.9 Å². The van der Waals surface area contributed by atoms with Crippen molar-refractivity contribution in [3.63, 3.8) is 0 Å². The molecule has 0 saturated heterocycles. The first-order chi connectivity index (χ1) is 16.7. The molecule has 1 aromatic carbocycles. The number of azo groups is 1. The Balaban J connectivity index is 1.03. The van der Waals surface area contributed by atoms with Gasteiger partial charge in [-0.1, -0.05) is 29.5 Å². The Labute approximate surface area is 195 Å². The minimum Gasteiger partial charge on any atom is -0.493 e. The van der Waals surface area contributed by atoms with Gasteiger partial charge in [0.15, 0.2) is 5.82 Å². The Hall–Kier alpha value is -4.08. The predicted molar refractivity (Wildman–Crippen MR) is 122 cm³/mol. The molecule has 0 fully saturated rings. The molecule has 0 bridgehead atoms. The molecule has 0 spiro atoms. The SMILES string of the molecule is O=C(CCc1nc(-c2ccc3c(c2)CCO3)no1)NCCCNC1=C2C=CC=CC2C(=O)N=N1. The fraction of sp³-hybridized carbons (Fsp3) is 0.333. The molecule has 1 aromatic heterocycles. The molecule has 0 radical (unpaired) electrons. The zero-order valence-corrected chi connectivity index (χ0v) is 18.5. The molecular weight excluding hydrogens is 436 g/mol. The Morgan fingerprint density at radius 2 is 2.12 bits per heavy atom. The Bertz CT molecular complexity index is 1230. The van der Waals surface area contributed by atoms with Crippen LogP contribution in [-0.4, -0.2) is 41.7 Å². The number of amides is 2. The average Bonchev–Trinajstić information content (AvgIpc) is 3.53. The van der Waals surface area contributed by atoms with Gasteiger partial charge in [0.2, 0.25) is 17.6 Å².